The summed E-state index contributed by atoms with van der Waals surface area (Å²) in [6, 6.07) is 1.12. The molecule has 0 atom stereocenters. The predicted molar refractivity (Wildman–Crippen MR) is 27.5 cm³/mol. The highest BCUT2D eigenvalue weighted by Gasteiger charge is 2.00. The van der Waals surface area contributed by atoms with Crippen molar-refractivity contribution in [3.63, 3.8) is 0 Å². The lowest BCUT2D eigenvalue weighted by Crippen LogP contribution is -1.97. The van der Waals surface area contributed by atoms with Gasteiger partial charge in [0.2, 0.25) is 0 Å². The summed E-state index contributed by atoms with van der Waals surface area (Å²) in [7, 11) is 0. The third-order valence-electron chi connectivity index (χ3n) is 0.983. The van der Waals surface area contributed by atoms with Crippen molar-refractivity contribution in [2.24, 2.45) is 0 Å². The number of halogens is 2. The summed E-state index contributed by atoms with van der Waals surface area (Å²) in [5.41, 5.74) is 0. The first-order chi connectivity index (χ1) is 4.61. The SMILES string of the molecule is [O-]c1c(F)cc(O)cc1F. The lowest BCUT2D eigenvalue weighted by atomic mass is 10.3. The quantitative estimate of drug-likeness (QED) is 0.585. The maximum Gasteiger partial charge on any atom is 0.121 e. The van der Waals surface area contributed by atoms with Gasteiger partial charge in [0.15, 0.2) is 0 Å². The summed E-state index contributed by atoms with van der Waals surface area (Å²) < 4.78 is 24.3. The van der Waals surface area contributed by atoms with Crippen LogP contribution in [0.4, 0.5) is 8.78 Å². The second kappa shape index (κ2) is 2.13. The lowest BCUT2D eigenvalue weighted by molar-refractivity contribution is -0.276. The van der Waals surface area contributed by atoms with E-state index in [0.29, 0.717) is 12.1 Å². The van der Waals surface area contributed by atoms with Crippen LogP contribution < -0.4 is 5.11 Å². The molecule has 0 aliphatic rings. The molecule has 0 unspecified atom stereocenters. The highest BCUT2D eigenvalue weighted by molar-refractivity contribution is 5.31. The normalized spacial score (nSPS) is 9.80. The van der Waals surface area contributed by atoms with Gasteiger partial charge in [0.1, 0.15) is 17.4 Å². The van der Waals surface area contributed by atoms with Gasteiger partial charge in [0.25, 0.3) is 0 Å². The van der Waals surface area contributed by atoms with E-state index in [1.165, 1.54) is 0 Å². The van der Waals surface area contributed by atoms with Gasteiger partial charge in [-0.2, -0.15) is 0 Å². The van der Waals surface area contributed by atoms with Gasteiger partial charge >= 0.3 is 0 Å². The first-order valence-corrected chi connectivity index (χ1v) is 2.46. The Hall–Kier alpha value is -1.32. The van der Waals surface area contributed by atoms with Crippen LogP contribution in [0.3, 0.4) is 0 Å². The monoisotopic (exact) mass is 145 g/mol. The average molecular weight is 145 g/mol. The summed E-state index contributed by atoms with van der Waals surface area (Å²) in [6.07, 6.45) is 0. The number of benzene rings is 1. The fourth-order valence-electron chi connectivity index (χ4n) is 0.547. The van der Waals surface area contributed by atoms with Crippen molar-refractivity contribution >= 4 is 0 Å². The van der Waals surface area contributed by atoms with E-state index in [1.807, 2.05) is 0 Å². The van der Waals surface area contributed by atoms with Gasteiger partial charge in [0, 0.05) is 12.1 Å². The minimum atomic E-state index is -1.32. The Morgan fingerprint density at radius 1 is 1.20 bits per heavy atom. The van der Waals surface area contributed by atoms with E-state index in [0.717, 1.165) is 0 Å². The third kappa shape index (κ3) is 1.00. The average Bonchev–Trinajstić information content (AvgIpc) is 1.82. The van der Waals surface area contributed by atoms with Crippen molar-refractivity contribution in [2.75, 3.05) is 0 Å². The molecule has 0 amide bonds. The molecule has 0 aliphatic carbocycles. The molecular formula is C6H3F2O2-. The minimum Gasteiger partial charge on any atom is -0.869 e. The largest absolute Gasteiger partial charge is 0.869 e. The number of hydrogen-bond donors (Lipinski definition) is 1. The number of phenolic OH excluding ortho intramolecular Hbond substituents is 1. The fraction of sp³-hybridized carbons (Fsp3) is 0. The number of hydrogen-bond acceptors (Lipinski definition) is 2. The standard InChI is InChI=1S/C6H4F2O2/c7-4-1-3(9)2-5(8)6(4)10/h1-2,9-10H/p-1. The number of aromatic hydroxyl groups is 1. The molecule has 1 aromatic rings. The van der Waals surface area contributed by atoms with Crippen molar-refractivity contribution in [2.45, 2.75) is 0 Å². The molecule has 54 valence electrons. The molecule has 0 radical (unpaired) electrons. The maximum absolute atomic E-state index is 12.1. The highest BCUT2D eigenvalue weighted by atomic mass is 19.1. The van der Waals surface area contributed by atoms with E-state index in [1.54, 1.807) is 0 Å². The molecule has 0 spiro atoms. The molecule has 0 saturated carbocycles. The minimum absolute atomic E-state index is 0.561. The second-order valence-corrected chi connectivity index (χ2v) is 1.74. The zero-order chi connectivity index (χ0) is 7.72. The van der Waals surface area contributed by atoms with Crippen LogP contribution in [0.25, 0.3) is 0 Å². The van der Waals surface area contributed by atoms with E-state index in [-0.39, 0.29) is 0 Å². The molecule has 0 aliphatic heterocycles. The van der Waals surface area contributed by atoms with Crippen LogP contribution in [0.15, 0.2) is 12.1 Å². The molecular weight excluding hydrogens is 142 g/mol. The Morgan fingerprint density at radius 3 is 2.00 bits per heavy atom. The molecule has 2 nitrogen and oxygen atoms in total. The zero-order valence-corrected chi connectivity index (χ0v) is 4.77. The molecule has 1 rings (SSSR count). The van der Waals surface area contributed by atoms with Crippen LogP contribution in [0.2, 0.25) is 0 Å². The Labute approximate surface area is 55.4 Å². The molecule has 1 N–H and O–H groups in total. The summed E-state index contributed by atoms with van der Waals surface area (Å²) in [6.45, 7) is 0. The molecule has 0 heterocycles. The molecule has 0 aromatic heterocycles. The molecule has 10 heavy (non-hydrogen) atoms. The smallest absolute Gasteiger partial charge is 0.121 e. The Kier molecular flexibility index (Phi) is 1.45. The summed E-state index contributed by atoms with van der Waals surface area (Å²) in [5.74, 6) is -4.47. The number of rotatable bonds is 0. The van der Waals surface area contributed by atoms with Crippen LogP contribution in [0, 0.1) is 11.6 Å². The van der Waals surface area contributed by atoms with Gasteiger partial charge in [-0.1, -0.05) is 0 Å². The predicted octanol–water partition coefficient (Wildman–Crippen LogP) is 0.744. The van der Waals surface area contributed by atoms with Crippen LogP contribution in [0.5, 0.6) is 11.5 Å². The molecule has 1 aromatic carbocycles. The van der Waals surface area contributed by atoms with Crippen molar-refractivity contribution in [1.82, 2.24) is 0 Å². The zero-order valence-electron chi connectivity index (χ0n) is 4.77. The van der Waals surface area contributed by atoms with E-state index in [9.17, 15) is 13.9 Å². The first-order valence-electron chi connectivity index (χ1n) is 2.46. The van der Waals surface area contributed by atoms with E-state index < -0.39 is 23.1 Å². The van der Waals surface area contributed by atoms with Crippen LogP contribution in [0.1, 0.15) is 0 Å². The van der Waals surface area contributed by atoms with Gasteiger partial charge in [-0.15, -0.1) is 0 Å². The van der Waals surface area contributed by atoms with Gasteiger partial charge in [-0.05, 0) is 5.75 Å². The Balaban J connectivity index is 3.31. The molecule has 0 saturated heterocycles. The molecule has 0 fully saturated rings. The van der Waals surface area contributed by atoms with Gasteiger partial charge in [-0.25, -0.2) is 8.78 Å². The maximum atomic E-state index is 12.1. The van der Waals surface area contributed by atoms with Crippen molar-refractivity contribution in [3.8, 4) is 11.5 Å². The van der Waals surface area contributed by atoms with Gasteiger partial charge < -0.3 is 10.2 Å². The Morgan fingerprint density at radius 2 is 1.60 bits per heavy atom. The van der Waals surface area contributed by atoms with E-state index >= 15 is 0 Å². The molecule has 0 bridgehead atoms. The summed E-state index contributed by atoms with van der Waals surface area (Å²) in [4.78, 5) is 0. The number of phenols is 1. The second-order valence-electron chi connectivity index (χ2n) is 1.74. The summed E-state index contributed by atoms with van der Waals surface area (Å²) in [5, 5.41) is 18.8. The van der Waals surface area contributed by atoms with E-state index in [2.05, 4.69) is 0 Å². The highest BCUT2D eigenvalue weighted by Crippen LogP contribution is 2.21. The van der Waals surface area contributed by atoms with Gasteiger partial charge in [-0.3, -0.25) is 0 Å². The van der Waals surface area contributed by atoms with Crippen LogP contribution in [-0.2, 0) is 0 Å². The first kappa shape index (κ1) is 6.80. The molecule has 4 heteroatoms. The third-order valence-corrected chi connectivity index (χ3v) is 0.983. The van der Waals surface area contributed by atoms with Crippen molar-refractivity contribution in [3.05, 3.63) is 23.8 Å². The van der Waals surface area contributed by atoms with Crippen molar-refractivity contribution < 1.29 is 19.0 Å². The van der Waals surface area contributed by atoms with Gasteiger partial charge in [0.05, 0.1) is 0 Å². The Bertz CT molecular complexity index is 237. The lowest BCUT2D eigenvalue weighted by Gasteiger charge is -2.07. The van der Waals surface area contributed by atoms with E-state index in [4.69, 9.17) is 5.11 Å². The van der Waals surface area contributed by atoms with Crippen LogP contribution >= 0.6 is 0 Å². The van der Waals surface area contributed by atoms with Crippen LogP contribution in [-0.4, -0.2) is 5.11 Å². The van der Waals surface area contributed by atoms with Crippen molar-refractivity contribution in [1.29, 1.82) is 0 Å². The topological polar surface area (TPSA) is 43.3 Å². The summed E-state index contributed by atoms with van der Waals surface area (Å²) >= 11 is 0. The fourth-order valence-corrected chi connectivity index (χ4v) is 0.547.